The molecule has 1 aromatic carbocycles. The maximum Gasteiger partial charge on any atom is 0.261 e. The second kappa shape index (κ2) is 4.20. The zero-order chi connectivity index (χ0) is 13.4. The Morgan fingerprint density at radius 3 is 2.21 bits per heavy atom. The predicted octanol–water partition coefficient (Wildman–Crippen LogP) is 1.46. The molecule has 2 heterocycles. The van der Waals surface area contributed by atoms with E-state index in [0.29, 0.717) is 22.5 Å². The lowest BCUT2D eigenvalue weighted by molar-refractivity contribution is 0.0642. The van der Waals surface area contributed by atoms with Gasteiger partial charge in [-0.2, -0.15) is 0 Å². The monoisotopic (exact) mass is 253 g/mol. The van der Waals surface area contributed by atoms with E-state index in [4.69, 9.17) is 5.73 Å². The van der Waals surface area contributed by atoms with E-state index in [1.54, 1.807) is 42.6 Å². The number of rotatable bonds is 2. The Balaban J connectivity index is 1.95. The van der Waals surface area contributed by atoms with Gasteiger partial charge in [0, 0.05) is 11.8 Å². The minimum Gasteiger partial charge on any atom is -0.383 e. The molecular formula is C14H11N3O2. The summed E-state index contributed by atoms with van der Waals surface area (Å²) in [6.45, 7) is 0.145. The number of nitrogen functional groups attached to an aromatic ring is 1. The molecular weight excluding hydrogens is 242 g/mol. The molecule has 94 valence electrons. The van der Waals surface area contributed by atoms with Crippen LogP contribution in [-0.4, -0.2) is 21.7 Å². The number of hydrogen-bond donors (Lipinski definition) is 1. The van der Waals surface area contributed by atoms with E-state index in [1.165, 1.54) is 4.90 Å². The van der Waals surface area contributed by atoms with Crippen molar-refractivity contribution in [1.82, 2.24) is 9.88 Å². The molecule has 0 saturated carbocycles. The van der Waals surface area contributed by atoms with E-state index < -0.39 is 0 Å². The zero-order valence-corrected chi connectivity index (χ0v) is 10.0. The van der Waals surface area contributed by atoms with Crippen LogP contribution < -0.4 is 5.73 Å². The summed E-state index contributed by atoms with van der Waals surface area (Å²) in [6.07, 6.45) is 1.57. The average molecular weight is 253 g/mol. The molecule has 0 aliphatic carbocycles. The first-order chi connectivity index (χ1) is 9.18. The van der Waals surface area contributed by atoms with Gasteiger partial charge in [0.15, 0.2) is 0 Å². The second-order valence-corrected chi connectivity index (χ2v) is 4.29. The highest BCUT2D eigenvalue weighted by molar-refractivity contribution is 6.21. The highest BCUT2D eigenvalue weighted by Crippen LogP contribution is 2.24. The van der Waals surface area contributed by atoms with Gasteiger partial charge in [-0.05, 0) is 18.2 Å². The van der Waals surface area contributed by atoms with Gasteiger partial charge in [0.25, 0.3) is 11.8 Å². The van der Waals surface area contributed by atoms with Gasteiger partial charge in [0.1, 0.15) is 5.82 Å². The third-order valence-corrected chi connectivity index (χ3v) is 3.13. The van der Waals surface area contributed by atoms with Gasteiger partial charge in [-0.1, -0.05) is 18.2 Å². The molecule has 2 N–H and O–H groups in total. The van der Waals surface area contributed by atoms with Crippen LogP contribution in [0.15, 0.2) is 42.6 Å². The van der Waals surface area contributed by atoms with E-state index in [0.717, 1.165) is 0 Å². The standard InChI is InChI=1S/C14H11N3O2/c15-12-9(4-3-7-16-12)8-17-13(18)10-5-1-2-6-11(10)14(17)19/h1-7H,8H2,(H2,15,16). The molecule has 0 radical (unpaired) electrons. The van der Waals surface area contributed by atoms with Crippen LogP contribution in [0.2, 0.25) is 0 Å². The molecule has 0 spiro atoms. The lowest BCUT2D eigenvalue weighted by Gasteiger charge is -2.14. The lowest BCUT2D eigenvalue weighted by atomic mass is 10.1. The van der Waals surface area contributed by atoms with Gasteiger partial charge < -0.3 is 5.73 Å². The van der Waals surface area contributed by atoms with Crippen molar-refractivity contribution in [3.63, 3.8) is 0 Å². The Hall–Kier alpha value is -2.69. The Labute approximate surface area is 109 Å². The number of anilines is 1. The summed E-state index contributed by atoms with van der Waals surface area (Å²) in [4.78, 5) is 29.5. The van der Waals surface area contributed by atoms with Crippen molar-refractivity contribution >= 4 is 17.6 Å². The van der Waals surface area contributed by atoms with Crippen LogP contribution in [-0.2, 0) is 6.54 Å². The first-order valence-electron chi connectivity index (χ1n) is 5.83. The van der Waals surface area contributed by atoms with Crippen molar-refractivity contribution in [2.75, 3.05) is 5.73 Å². The lowest BCUT2D eigenvalue weighted by Crippen LogP contribution is -2.29. The Kier molecular flexibility index (Phi) is 2.52. The number of hydrogen-bond acceptors (Lipinski definition) is 4. The van der Waals surface area contributed by atoms with Gasteiger partial charge in [0.2, 0.25) is 0 Å². The molecule has 0 bridgehead atoms. The largest absolute Gasteiger partial charge is 0.383 e. The summed E-state index contributed by atoms with van der Waals surface area (Å²) in [5.74, 6) is -0.244. The molecule has 2 amide bonds. The first kappa shape index (κ1) is 11.4. The third-order valence-electron chi connectivity index (χ3n) is 3.13. The number of aromatic nitrogens is 1. The third kappa shape index (κ3) is 1.76. The maximum absolute atomic E-state index is 12.2. The van der Waals surface area contributed by atoms with E-state index in [1.807, 2.05) is 0 Å². The molecule has 0 atom stereocenters. The number of pyridine rings is 1. The summed E-state index contributed by atoms with van der Waals surface area (Å²) in [7, 11) is 0. The summed E-state index contributed by atoms with van der Waals surface area (Å²) in [5.41, 5.74) is 7.28. The quantitative estimate of drug-likeness (QED) is 0.822. The number of fused-ring (bicyclic) bond motifs is 1. The summed E-state index contributed by atoms with van der Waals surface area (Å²) < 4.78 is 0. The van der Waals surface area contributed by atoms with Crippen LogP contribution in [0.3, 0.4) is 0 Å². The summed E-state index contributed by atoms with van der Waals surface area (Å²) in [5, 5.41) is 0. The van der Waals surface area contributed by atoms with Crippen molar-refractivity contribution in [3.05, 3.63) is 59.3 Å². The SMILES string of the molecule is Nc1ncccc1CN1C(=O)c2ccccc2C1=O. The molecule has 19 heavy (non-hydrogen) atoms. The normalized spacial score (nSPS) is 13.8. The van der Waals surface area contributed by atoms with E-state index in [9.17, 15) is 9.59 Å². The summed E-state index contributed by atoms with van der Waals surface area (Å²) >= 11 is 0. The van der Waals surface area contributed by atoms with Crippen molar-refractivity contribution in [3.8, 4) is 0 Å². The number of amides is 2. The first-order valence-corrected chi connectivity index (χ1v) is 5.83. The zero-order valence-electron chi connectivity index (χ0n) is 10.0. The fourth-order valence-electron chi connectivity index (χ4n) is 2.14. The molecule has 0 unspecified atom stereocenters. The molecule has 2 aromatic rings. The van der Waals surface area contributed by atoms with Crippen LogP contribution >= 0.6 is 0 Å². The van der Waals surface area contributed by atoms with Crippen molar-refractivity contribution < 1.29 is 9.59 Å². The fourth-order valence-corrected chi connectivity index (χ4v) is 2.14. The Morgan fingerprint density at radius 2 is 1.63 bits per heavy atom. The van der Waals surface area contributed by atoms with E-state index >= 15 is 0 Å². The number of carbonyl (C=O) groups is 2. The highest BCUT2D eigenvalue weighted by atomic mass is 16.2. The number of nitrogens with two attached hydrogens (primary N) is 1. The summed E-state index contributed by atoms with van der Waals surface area (Å²) in [6, 6.07) is 10.3. The molecule has 0 saturated heterocycles. The van der Waals surface area contributed by atoms with Crippen molar-refractivity contribution in [1.29, 1.82) is 0 Å². The minimum atomic E-state index is -0.288. The number of benzene rings is 1. The topological polar surface area (TPSA) is 76.3 Å². The number of carbonyl (C=O) groups excluding carboxylic acids is 2. The molecule has 1 aliphatic heterocycles. The van der Waals surface area contributed by atoms with Gasteiger partial charge in [-0.25, -0.2) is 4.98 Å². The number of nitrogens with zero attached hydrogens (tertiary/aromatic N) is 2. The van der Waals surface area contributed by atoms with Crippen LogP contribution in [0.5, 0.6) is 0 Å². The maximum atomic E-state index is 12.2. The van der Waals surface area contributed by atoms with Gasteiger partial charge in [-0.3, -0.25) is 14.5 Å². The smallest absolute Gasteiger partial charge is 0.261 e. The van der Waals surface area contributed by atoms with Crippen LogP contribution in [0.25, 0.3) is 0 Å². The molecule has 1 aliphatic rings. The van der Waals surface area contributed by atoms with Crippen LogP contribution in [0.1, 0.15) is 26.3 Å². The van der Waals surface area contributed by atoms with Crippen LogP contribution in [0.4, 0.5) is 5.82 Å². The molecule has 1 aromatic heterocycles. The highest BCUT2D eigenvalue weighted by Gasteiger charge is 2.35. The second-order valence-electron chi connectivity index (χ2n) is 4.29. The van der Waals surface area contributed by atoms with Gasteiger partial charge in [0.05, 0.1) is 17.7 Å². The molecule has 0 fully saturated rings. The van der Waals surface area contributed by atoms with E-state index in [2.05, 4.69) is 4.98 Å². The molecule has 3 rings (SSSR count). The molecule has 5 heteroatoms. The van der Waals surface area contributed by atoms with Crippen LogP contribution in [0, 0.1) is 0 Å². The van der Waals surface area contributed by atoms with Crippen molar-refractivity contribution in [2.45, 2.75) is 6.54 Å². The molecule has 5 nitrogen and oxygen atoms in total. The fraction of sp³-hybridized carbons (Fsp3) is 0.0714. The predicted molar refractivity (Wildman–Crippen MR) is 69.3 cm³/mol. The Bertz CT molecular complexity index is 647. The van der Waals surface area contributed by atoms with Crippen molar-refractivity contribution in [2.24, 2.45) is 0 Å². The average Bonchev–Trinajstić information content (AvgIpc) is 2.67. The van der Waals surface area contributed by atoms with E-state index in [-0.39, 0.29) is 18.4 Å². The minimum absolute atomic E-state index is 0.145. The van der Waals surface area contributed by atoms with Gasteiger partial charge in [-0.15, -0.1) is 0 Å². The number of imide groups is 1. The Morgan fingerprint density at radius 1 is 1.00 bits per heavy atom. The van der Waals surface area contributed by atoms with Gasteiger partial charge >= 0.3 is 0 Å².